The number of hydrogen-bond donors (Lipinski definition) is 0. The highest BCUT2D eigenvalue weighted by Crippen LogP contribution is 2.22. The van der Waals surface area contributed by atoms with E-state index in [-0.39, 0.29) is 5.91 Å². The molecule has 0 aliphatic heterocycles. The van der Waals surface area contributed by atoms with Gasteiger partial charge in [-0.25, -0.2) is 0 Å². The minimum atomic E-state index is 0.0588. The lowest BCUT2D eigenvalue weighted by Gasteiger charge is -2.20. The first-order valence-corrected chi connectivity index (χ1v) is 7.92. The van der Waals surface area contributed by atoms with Crippen LogP contribution in [0.4, 0.5) is 5.69 Å². The van der Waals surface area contributed by atoms with Gasteiger partial charge in [0.05, 0.1) is 13.0 Å². The Hall–Kier alpha value is -2.29. The number of benzene rings is 2. The average Bonchev–Trinajstić information content (AvgIpc) is 2.51. The molecule has 23 heavy (non-hydrogen) atoms. The number of ether oxygens (including phenoxy) is 1. The number of carbonyl (C=O) groups is 1. The van der Waals surface area contributed by atoms with E-state index in [1.54, 1.807) is 4.90 Å². The number of rotatable bonds is 5. The van der Waals surface area contributed by atoms with E-state index in [1.807, 2.05) is 52.1 Å². The predicted octanol–water partition coefficient (Wildman–Crippen LogP) is 4.35. The van der Waals surface area contributed by atoms with Crippen molar-refractivity contribution in [3.63, 3.8) is 0 Å². The highest BCUT2D eigenvalue weighted by Gasteiger charge is 2.13. The SMILES string of the molecule is Cc1ccc(OCCC(=O)N(C)c2cc(C)ccc2C)c(C)c1. The molecule has 0 radical (unpaired) electrons. The zero-order valence-corrected chi connectivity index (χ0v) is 14.6. The molecule has 0 atom stereocenters. The molecule has 0 N–H and O–H groups in total. The third-order valence-corrected chi connectivity index (χ3v) is 4.00. The van der Waals surface area contributed by atoms with Crippen molar-refractivity contribution < 1.29 is 9.53 Å². The second kappa shape index (κ2) is 7.32. The molecule has 122 valence electrons. The van der Waals surface area contributed by atoms with Gasteiger partial charge in [-0.15, -0.1) is 0 Å². The van der Waals surface area contributed by atoms with Crippen molar-refractivity contribution in [3.8, 4) is 5.75 Å². The Kier molecular flexibility index (Phi) is 5.43. The van der Waals surface area contributed by atoms with Crippen molar-refractivity contribution in [2.45, 2.75) is 34.1 Å². The Bertz CT molecular complexity index is 707. The fourth-order valence-electron chi connectivity index (χ4n) is 2.59. The van der Waals surface area contributed by atoms with Gasteiger partial charge in [-0.3, -0.25) is 4.79 Å². The molecule has 0 saturated heterocycles. The highest BCUT2D eigenvalue weighted by atomic mass is 16.5. The van der Waals surface area contributed by atoms with Gasteiger partial charge in [0.2, 0.25) is 5.91 Å². The van der Waals surface area contributed by atoms with Gasteiger partial charge in [-0.1, -0.05) is 29.8 Å². The van der Waals surface area contributed by atoms with E-state index in [4.69, 9.17) is 4.74 Å². The fourth-order valence-corrected chi connectivity index (χ4v) is 2.59. The third kappa shape index (κ3) is 4.35. The zero-order valence-electron chi connectivity index (χ0n) is 14.6. The summed E-state index contributed by atoms with van der Waals surface area (Å²) in [7, 11) is 1.82. The van der Waals surface area contributed by atoms with E-state index in [2.05, 4.69) is 19.1 Å². The topological polar surface area (TPSA) is 29.5 Å². The molecule has 0 saturated carbocycles. The van der Waals surface area contributed by atoms with E-state index < -0.39 is 0 Å². The molecule has 0 aromatic heterocycles. The normalized spacial score (nSPS) is 10.5. The summed E-state index contributed by atoms with van der Waals surface area (Å²) in [6.45, 7) is 8.51. The van der Waals surface area contributed by atoms with Crippen molar-refractivity contribution in [2.24, 2.45) is 0 Å². The van der Waals surface area contributed by atoms with Crippen molar-refractivity contribution in [2.75, 3.05) is 18.6 Å². The average molecular weight is 311 g/mol. The summed E-state index contributed by atoms with van der Waals surface area (Å²) in [5.74, 6) is 0.904. The van der Waals surface area contributed by atoms with Crippen molar-refractivity contribution in [1.29, 1.82) is 0 Å². The van der Waals surface area contributed by atoms with E-state index in [0.29, 0.717) is 13.0 Å². The Morgan fingerprint density at radius 2 is 1.61 bits per heavy atom. The van der Waals surface area contributed by atoms with Crippen molar-refractivity contribution in [1.82, 2.24) is 0 Å². The van der Waals surface area contributed by atoms with Crippen LogP contribution in [0.5, 0.6) is 5.75 Å². The first-order chi connectivity index (χ1) is 10.9. The molecule has 1 amide bonds. The summed E-state index contributed by atoms with van der Waals surface area (Å²) >= 11 is 0. The predicted molar refractivity (Wildman–Crippen MR) is 95.4 cm³/mol. The summed E-state index contributed by atoms with van der Waals surface area (Å²) in [5, 5.41) is 0. The van der Waals surface area contributed by atoms with Crippen LogP contribution >= 0.6 is 0 Å². The molecule has 2 aromatic carbocycles. The fraction of sp³-hybridized carbons (Fsp3) is 0.350. The third-order valence-electron chi connectivity index (χ3n) is 4.00. The van der Waals surface area contributed by atoms with Gasteiger partial charge in [0.25, 0.3) is 0 Å². The summed E-state index contributed by atoms with van der Waals surface area (Å²) in [4.78, 5) is 14.1. The molecular weight excluding hydrogens is 286 g/mol. The van der Waals surface area contributed by atoms with Crippen LogP contribution < -0.4 is 9.64 Å². The van der Waals surface area contributed by atoms with Gasteiger partial charge < -0.3 is 9.64 Å². The summed E-state index contributed by atoms with van der Waals surface area (Å²) in [6, 6.07) is 12.2. The first-order valence-electron chi connectivity index (χ1n) is 7.92. The Morgan fingerprint density at radius 3 is 2.30 bits per heavy atom. The molecule has 0 aliphatic rings. The lowest BCUT2D eigenvalue weighted by Crippen LogP contribution is -2.28. The van der Waals surface area contributed by atoms with E-state index >= 15 is 0 Å². The maximum absolute atomic E-state index is 12.4. The standard InChI is InChI=1S/C20H25NO2/c1-14-7-9-19(17(4)12-14)23-11-10-20(22)21(5)18-13-15(2)6-8-16(18)3/h6-9,12-13H,10-11H2,1-5H3. The molecular formula is C20H25NO2. The number of amides is 1. The van der Waals surface area contributed by atoms with Crippen LogP contribution in [0, 0.1) is 27.7 Å². The minimum absolute atomic E-state index is 0.0588. The molecule has 0 bridgehead atoms. The number of anilines is 1. The molecule has 2 rings (SSSR count). The molecule has 3 heteroatoms. The van der Waals surface area contributed by atoms with Crippen LogP contribution in [0.25, 0.3) is 0 Å². The van der Waals surface area contributed by atoms with Gasteiger partial charge in [-0.2, -0.15) is 0 Å². The van der Waals surface area contributed by atoms with Crippen LogP contribution in [0.1, 0.15) is 28.7 Å². The van der Waals surface area contributed by atoms with E-state index in [1.165, 1.54) is 5.56 Å². The van der Waals surface area contributed by atoms with E-state index in [0.717, 1.165) is 28.1 Å². The smallest absolute Gasteiger partial charge is 0.230 e. The van der Waals surface area contributed by atoms with Gasteiger partial charge in [0.1, 0.15) is 5.75 Å². The molecule has 2 aromatic rings. The van der Waals surface area contributed by atoms with E-state index in [9.17, 15) is 4.79 Å². The molecule has 3 nitrogen and oxygen atoms in total. The minimum Gasteiger partial charge on any atom is -0.493 e. The van der Waals surface area contributed by atoms with Crippen LogP contribution in [0.15, 0.2) is 36.4 Å². The zero-order chi connectivity index (χ0) is 17.0. The lowest BCUT2D eigenvalue weighted by atomic mass is 10.1. The quantitative estimate of drug-likeness (QED) is 0.821. The summed E-state index contributed by atoms with van der Waals surface area (Å²) in [6.07, 6.45) is 0.358. The van der Waals surface area contributed by atoms with Crippen LogP contribution in [0.2, 0.25) is 0 Å². The molecule has 0 fully saturated rings. The number of aryl methyl sites for hydroxylation is 4. The van der Waals surface area contributed by atoms with Crippen molar-refractivity contribution >= 4 is 11.6 Å². The van der Waals surface area contributed by atoms with Gasteiger partial charge in [0.15, 0.2) is 0 Å². The van der Waals surface area contributed by atoms with Gasteiger partial charge in [-0.05, 0) is 56.5 Å². The number of nitrogens with zero attached hydrogens (tertiary/aromatic N) is 1. The molecule has 0 heterocycles. The molecule has 0 aliphatic carbocycles. The molecule has 0 spiro atoms. The van der Waals surface area contributed by atoms with Gasteiger partial charge >= 0.3 is 0 Å². The maximum Gasteiger partial charge on any atom is 0.230 e. The summed E-state index contributed by atoms with van der Waals surface area (Å²) < 4.78 is 5.75. The number of carbonyl (C=O) groups excluding carboxylic acids is 1. The maximum atomic E-state index is 12.4. The van der Waals surface area contributed by atoms with Crippen molar-refractivity contribution in [3.05, 3.63) is 58.7 Å². The van der Waals surface area contributed by atoms with Crippen LogP contribution in [-0.4, -0.2) is 19.6 Å². The van der Waals surface area contributed by atoms with Crippen LogP contribution in [0.3, 0.4) is 0 Å². The first kappa shape index (κ1) is 17.1. The monoisotopic (exact) mass is 311 g/mol. The second-order valence-corrected chi connectivity index (χ2v) is 6.11. The Labute approximate surface area is 138 Å². The second-order valence-electron chi connectivity index (χ2n) is 6.11. The van der Waals surface area contributed by atoms with Gasteiger partial charge in [0, 0.05) is 12.7 Å². The van der Waals surface area contributed by atoms with Crippen LogP contribution in [-0.2, 0) is 4.79 Å². The largest absolute Gasteiger partial charge is 0.493 e. The Balaban J connectivity index is 1.95. The number of hydrogen-bond acceptors (Lipinski definition) is 2. The highest BCUT2D eigenvalue weighted by molar-refractivity contribution is 5.93. The summed E-state index contributed by atoms with van der Waals surface area (Å²) in [5.41, 5.74) is 5.51. The Morgan fingerprint density at radius 1 is 0.957 bits per heavy atom. The lowest BCUT2D eigenvalue weighted by molar-refractivity contribution is -0.118. The molecule has 0 unspecified atom stereocenters.